The Hall–Kier alpha value is -1.00. The van der Waals surface area contributed by atoms with Crippen molar-refractivity contribution in [3.63, 3.8) is 0 Å². The monoisotopic (exact) mass is 285 g/mol. The fourth-order valence-corrected chi connectivity index (χ4v) is 0.793. The van der Waals surface area contributed by atoms with Crippen LogP contribution in [0.2, 0.25) is 0 Å². The minimum absolute atomic E-state index is 0.185. The van der Waals surface area contributed by atoms with Crippen molar-refractivity contribution in [3.05, 3.63) is 12.7 Å². The lowest BCUT2D eigenvalue weighted by molar-refractivity contribution is -0.873. The van der Waals surface area contributed by atoms with Crippen molar-refractivity contribution in [2.24, 2.45) is 0 Å². The zero-order chi connectivity index (χ0) is 15.6. The number of aliphatic hydroxyl groups excluding tert-OH is 1. The number of likely N-dealkylation sites (N-methyl/N-ethyl adjacent to an activating group) is 1. The van der Waals surface area contributed by atoms with Crippen LogP contribution in [0.15, 0.2) is 12.7 Å². The molecule has 0 aromatic heterocycles. The zero-order valence-electron chi connectivity index (χ0n) is 10.8. The van der Waals surface area contributed by atoms with Crippen LogP contribution in [0.4, 0.5) is 0 Å². The maximum absolute atomic E-state index is 9.14. The van der Waals surface area contributed by atoms with Crippen LogP contribution < -0.4 is 5.11 Å². The molecule has 0 aliphatic carbocycles. The molecule has 18 heavy (non-hydrogen) atoms. The third-order valence-electron chi connectivity index (χ3n) is 0.979. The zero-order valence-corrected chi connectivity index (χ0v) is 11.6. The van der Waals surface area contributed by atoms with Gasteiger partial charge in [-0.25, -0.2) is 0 Å². The van der Waals surface area contributed by atoms with Gasteiger partial charge >= 0.3 is 0 Å². The Bertz CT molecular complexity index is 321. The third kappa shape index (κ3) is 81.7. The Morgan fingerprint density at radius 2 is 1.61 bits per heavy atom. The highest BCUT2D eigenvalue weighted by Gasteiger charge is 2.09. The van der Waals surface area contributed by atoms with Crippen LogP contribution in [0.1, 0.15) is 6.92 Å². The number of aliphatic carboxylic acids is 1. The first-order valence-electron chi connectivity index (χ1n) is 4.67. The van der Waals surface area contributed by atoms with Crippen molar-refractivity contribution in [2.45, 2.75) is 13.0 Å². The third-order valence-corrected chi connectivity index (χ3v) is 0.979. The number of rotatable bonds is 3. The largest absolute Gasteiger partial charge is 0.759 e. The van der Waals surface area contributed by atoms with Crippen molar-refractivity contribution in [1.29, 1.82) is 0 Å². The van der Waals surface area contributed by atoms with Crippen molar-refractivity contribution in [1.82, 2.24) is 0 Å². The van der Waals surface area contributed by atoms with Gasteiger partial charge in [0.2, 0.25) is 0 Å². The van der Waals surface area contributed by atoms with Crippen LogP contribution in [-0.4, -0.2) is 66.9 Å². The molecule has 0 aromatic carbocycles. The van der Waals surface area contributed by atoms with Gasteiger partial charge in [0.1, 0.15) is 12.6 Å². The second-order valence-corrected chi connectivity index (χ2v) is 5.07. The Morgan fingerprint density at radius 1 is 1.39 bits per heavy atom. The number of carbonyl (C=O) groups is 1. The van der Waals surface area contributed by atoms with Gasteiger partial charge in [-0.1, -0.05) is 6.58 Å². The van der Waals surface area contributed by atoms with E-state index in [1.165, 1.54) is 0 Å². The van der Waals surface area contributed by atoms with E-state index in [1.54, 1.807) is 0 Å². The lowest BCUT2D eigenvalue weighted by atomic mass is 10.3. The van der Waals surface area contributed by atoms with Crippen LogP contribution in [0.5, 0.6) is 0 Å². The average molecular weight is 285 g/mol. The van der Waals surface area contributed by atoms with E-state index in [1.807, 2.05) is 6.92 Å². The van der Waals surface area contributed by atoms with E-state index in [0.717, 1.165) is 17.1 Å². The number of aliphatic hydroxyl groups is 1. The lowest BCUT2D eigenvalue weighted by Gasteiger charge is -2.24. The number of hydrogen-bond donors (Lipinski definition) is 1. The number of carboxylic acids is 1. The van der Waals surface area contributed by atoms with E-state index in [4.69, 9.17) is 32.5 Å². The van der Waals surface area contributed by atoms with Gasteiger partial charge in [-0.2, -0.15) is 0 Å². The number of nitrogens with zero attached hydrogens (tertiary/aromatic N) is 1. The first kappa shape index (κ1) is 22.2. The Labute approximate surface area is 107 Å². The van der Waals surface area contributed by atoms with E-state index < -0.39 is 16.4 Å². The highest BCUT2D eigenvalue weighted by Crippen LogP contribution is 1.92. The molecule has 0 bridgehead atoms. The van der Waals surface area contributed by atoms with Gasteiger partial charge < -0.3 is 28.6 Å². The summed E-state index contributed by atoms with van der Waals surface area (Å²) in [5.74, 6) is -1.23. The molecule has 1 N–H and O–H groups in total. The first-order chi connectivity index (χ1) is 7.69. The normalized spacial score (nSPS) is 12.2. The molecule has 0 rings (SSSR count). The smallest absolute Gasteiger partial charge is 0.104 e. The van der Waals surface area contributed by atoms with E-state index in [0.29, 0.717) is 0 Å². The summed E-state index contributed by atoms with van der Waals surface area (Å²) in [6.07, 6.45) is 0.537. The lowest BCUT2D eigenvalue weighted by Crippen LogP contribution is -2.40. The average Bonchev–Trinajstić information content (AvgIpc) is 1.96. The molecule has 0 aliphatic heterocycles. The summed E-state index contributed by atoms with van der Waals surface area (Å²) in [6, 6.07) is 0. The summed E-state index contributed by atoms with van der Waals surface area (Å²) in [7, 11) is 1.02. The molecule has 0 amide bonds. The number of quaternary nitrogens is 1. The van der Waals surface area contributed by atoms with Crippen molar-refractivity contribution in [3.8, 4) is 0 Å². The van der Waals surface area contributed by atoms with Crippen LogP contribution >= 0.6 is 0 Å². The fourth-order valence-electron chi connectivity index (χ4n) is 0.793. The summed E-state index contributed by atoms with van der Waals surface area (Å²) in [4.78, 5) is 9.14. The minimum Gasteiger partial charge on any atom is -0.759 e. The fraction of sp³-hybridized carbons (Fsp3) is 0.667. The van der Waals surface area contributed by atoms with E-state index in [2.05, 4.69) is 27.7 Å². The predicted molar refractivity (Wildman–Crippen MR) is 60.3 cm³/mol. The van der Waals surface area contributed by atoms with Gasteiger partial charge in [0.05, 0.1) is 27.1 Å². The Kier molecular flexibility index (Phi) is 12.3. The van der Waals surface area contributed by atoms with Gasteiger partial charge in [-0.15, -0.1) is 0 Å². The number of carbonyl (C=O) groups excluding carboxylic acids is 1. The summed E-state index contributed by atoms with van der Waals surface area (Å²) in [6.45, 7) is 5.53. The van der Waals surface area contributed by atoms with Gasteiger partial charge in [-0.05, 0) is 13.0 Å². The summed E-state index contributed by atoms with van der Waals surface area (Å²) < 4.78 is 34.9. The minimum atomic E-state index is -5.17. The van der Waals surface area contributed by atoms with Gasteiger partial charge in [0.25, 0.3) is 0 Å². The molecule has 0 spiro atoms. The second-order valence-electron chi connectivity index (χ2n) is 4.25. The van der Waals surface area contributed by atoms with Gasteiger partial charge in [0.15, 0.2) is 0 Å². The van der Waals surface area contributed by atoms with Crippen molar-refractivity contribution in [2.75, 3.05) is 27.7 Å². The second kappa shape index (κ2) is 9.97. The summed E-state index contributed by atoms with van der Waals surface area (Å²) in [5.41, 5.74) is 0. The highest BCUT2D eigenvalue weighted by molar-refractivity contribution is 7.79. The molecule has 9 heteroatoms. The molecule has 0 radical (unpaired) electrons. The number of hydrogen-bond acceptors (Lipinski definition) is 7. The highest BCUT2D eigenvalue weighted by atomic mass is 32.3. The van der Waals surface area contributed by atoms with Crippen molar-refractivity contribution >= 4 is 16.4 Å². The van der Waals surface area contributed by atoms with Crippen LogP contribution in [0.3, 0.4) is 0 Å². The molecule has 1 atom stereocenters. The van der Waals surface area contributed by atoms with Gasteiger partial charge in [-0.3, -0.25) is 8.42 Å². The van der Waals surface area contributed by atoms with E-state index in [9.17, 15) is 0 Å². The van der Waals surface area contributed by atoms with E-state index in [-0.39, 0.29) is 6.10 Å². The molecule has 8 nitrogen and oxygen atoms in total. The molecule has 0 fully saturated rings. The van der Waals surface area contributed by atoms with Gasteiger partial charge in [0, 0.05) is 10.4 Å². The van der Waals surface area contributed by atoms with Crippen LogP contribution in [0, 0.1) is 0 Å². The molecule has 0 heterocycles. The summed E-state index contributed by atoms with van der Waals surface area (Å²) in [5, 5.41) is 18.0. The SMILES string of the molecule is C=CC(=O)[O-].CC(O)C[N+](C)(C)C.O=S(=O)([O-])[O-]. The molecular weight excluding hydrogens is 266 g/mol. The molecule has 0 saturated heterocycles. The maximum Gasteiger partial charge on any atom is 0.104 e. The Morgan fingerprint density at radius 3 is 1.61 bits per heavy atom. The molecular formula is C9H19NO7S-2. The molecule has 1 unspecified atom stereocenters. The predicted octanol–water partition coefficient (Wildman–Crippen LogP) is -2.34. The molecule has 0 saturated carbocycles. The standard InChI is InChI=1S/C6H16NO.C3H4O2.H2O4S/c1-6(8)5-7(2,3)4;1-2-3(4)5;1-5(2,3)4/h6,8H,5H2,1-4H3;2H,1H2,(H,4,5);(H2,1,2,3,4)/q+1;;/p-3. The quantitative estimate of drug-likeness (QED) is 0.265. The molecule has 0 aliphatic rings. The topological polar surface area (TPSA) is 141 Å². The Balaban J connectivity index is -0.000000197. The molecule has 110 valence electrons. The molecule has 0 aromatic rings. The van der Waals surface area contributed by atoms with Crippen molar-refractivity contribution < 1.29 is 37.0 Å². The first-order valence-corrected chi connectivity index (χ1v) is 6.01. The maximum atomic E-state index is 9.14. The summed E-state index contributed by atoms with van der Waals surface area (Å²) >= 11 is 0. The van der Waals surface area contributed by atoms with Crippen LogP contribution in [0.25, 0.3) is 0 Å². The van der Waals surface area contributed by atoms with E-state index >= 15 is 0 Å². The van der Waals surface area contributed by atoms with Crippen LogP contribution in [-0.2, 0) is 15.2 Å². The number of carboxylic acid groups (broad SMARTS) is 1.